The zero-order valence-electron chi connectivity index (χ0n) is 14.2. The number of rotatable bonds is 6. The minimum Gasteiger partial charge on any atom is -0.394 e. The summed E-state index contributed by atoms with van der Waals surface area (Å²) in [6.07, 6.45) is 0.212. The second kappa shape index (κ2) is 8.27. The highest BCUT2D eigenvalue weighted by molar-refractivity contribution is 9.10. The van der Waals surface area contributed by atoms with Crippen LogP contribution in [0.5, 0.6) is 0 Å². The third-order valence-corrected chi connectivity index (χ3v) is 4.03. The van der Waals surface area contributed by atoms with Crippen LogP contribution in [0.1, 0.15) is 29.8 Å². The summed E-state index contributed by atoms with van der Waals surface area (Å²) in [6.45, 7) is 3.39. The van der Waals surface area contributed by atoms with E-state index < -0.39 is 5.54 Å². The van der Waals surface area contributed by atoms with Gasteiger partial charge in [0.25, 0.3) is 5.91 Å². The van der Waals surface area contributed by atoms with E-state index >= 15 is 0 Å². The summed E-state index contributed by atoms with van der Waals surface area (Å²) in [6, 6.07) is 14.2. The molecule has 0 atom stereocenters. The summed E-state index contributed by atoms with van der Waals surface area (Å²) in [5.41, 5.74) is 1.40. The van der Waals surface area contributed by atoms with Crippen LogP contribution in [0, 0.1) is 0 Å². The van der Waals surface area contributed by atoms with Crippen LogP contribution < -0.4 is 10.6 Å². The molecule has 5 nitrogen and oxygen atoms in total. The molecule has 2 aromatic rings. The van der Waals surface area contributed by atoms with Gasteiger partial charge in [0.05, 0.1) is 18.6 Å². The molecule has 0 spiro atoms. The van der Waals surface area contributed by atoms with Crippen LogP contribution >= 0.6 is 15.9 Å². The molecule has 0 aliphatic rings. The Morgan fingerprint density at radius 3 is 2.40 bits per heavy atom. The Bertz CT molecular complexity index is 758. The Morgan fingerprint density at radius 1 is 1.12 bits per heavy atom. The van der Waals surface area contributed by atoms with Crippen molar-refractivity contribution in [1.82, 2.24) is 5.32 Å². The standard InChI is InChI=1S/C19H21BrN2O3/c1-19(2,12-23)22-17(24)10-13-6-8-16(9-7-13)21-18(25)14-4-3-5-15(20)11-14/h3-9,11,23H,10,12H2,1-2H3,(H,21,25)(H,22,24). The van der Waals surface area contributed by atoms with Crippen LogP contribution in [-0.4, -0.2) is 29.1 Å². The summed E-state index contributed by atoms with van der Waals surface area (Å²) in [7, 11) is 0. The lowest BCUT2D eigenvalue weighted by atomic mass is 10.1. The minimum atomic E-state index is -0.644. The van der Waals surface area contributed by atoms with E-state index in [4.69, 9.17) is 0 Å². The predicted octanol–water partition coefficient (Wildman–Crippen LogP) is 3.13. The van der Waals surface area contributed by atoms with Gasteiger partial charge < -0.3 is 15.7 Å². The molecule has 0 aliphatic heterocycles. The first-order chi connectivity index (χ1) is 11.8. The van der Waals surface area contributed by atoms with Crippen molar-refractivity contribution in [2.75, 3.05) is 11.9 Å². The quantitative estimate of drug-likeness (QED) is 0.691. The second-order valence-electron chi connectivity index (χ2n) is 6.43. The van der Waals surface area contributed by atoms with Gasteiger partial charge in [0.1, 0.15) is 0 Å². The molecule has 2 aromatic carbocycles. The van der Waals surface area contributed by atoms with Crippen molar-refractivity contribution in [2.45, 2.75) is 25.8 Å². The van der Waals surface area contributed by atoms with Gasteiger partial charge in [-0.1, -0.05) is 34.1 Å². The summed E-state index contributed by atoms with van der Waals surface area (Å²) < 4.78 is 0.840. The molecular weight excluding hydrogens is 384 g/mol. The number of anilines is 1. The smallest absolute Gasteiger partial charge is 0.255 e. The van der Waals surface area contributed by atoms with Crippen molar-refractivity contribution in [3.05, 3.63) is 64.1 Å². The zero-order valence-corrected chi connectivity index (χ0v) is 15.8. The molecule has 2 amide bonds. The number of amides is 2. The Labute approximate surface area is 155 Å². The van der Waals surface area contributed by atoms with E-state index in [0.717, 1.165) is 10.0 Å². The maximum atomic E-state index is 12.2. The number of carbonyl (C=O) groups is 2. The van der Waals surface area contributed by atoms with Crippen LogP contribution in [0.25, 0.3) is 0 Å². The molecule has 0 heterocycles. The van der Waals surface area contributed by atoms with E-state index in [1.807, 2.05) is 6.07 Å². The van der Waals surface area contributed by atoms with Gasteiger partial charge in [-0.05, 0) is 49.7 Å². The van der Waals surface area contributed by atoms with Crippen LogP contribution in [-0.2, 0) is 11.2 Å². The van der Waals surface area contributed by atoms with E-state index in [1.165, 1.54) is 0 Å². The SMILES string of the molecule is CC(C)(CO)NC(=O)Cc1ccc(NC(=O)c2cccc(Br)c2)cc1. The first-order valence-electron chi connectivity index (χ1n) is 7.87. The minimum absolute atomic E-state index is 0.126. The normalized spacial score (nSPS) is 11.0. The van der Waals surface area contributed by atoms with E-state index in [1.54, 1.807) is 56.3 Å². The number of nitrogens with one attached hydrogen (secondary N) is 2. The number of hydrogen-bond acceptors (Lipinski definition) is 3. The summed E-state index contributed by atoms with van der Waals surface area (Å²) in [5, 5.41) is 14.8. The van der Waals surface area contributed by atoms with Gasteiger partial charge in [0, 0.05) is 15.7 Å². The lowest BCUT2D eigenvalue weighted by Gasteiger charge is -2.23. The highest BCUT2D eigenvalue weighted by Crippen LogP contribution is 2.15. The summed E-state index contributed by atoms with van der Waals surface area (Å²) in [4.78, 5) is 24.2. The molecule has 0 aromatic heterocycles. The van der Waals surface area contributed by atoms with Gasteiger partial charge >= 0.3 is 0 Å². The van der Waals surface area contributed by atoms with E-state index in [0.29, 0.717) is 11.3 Å². The molecule has 0 radical (unpaired) electrons. The van der Waals surface area contributed by atoms with Crippen molar-refractivity contribution in [3.8, 4) is 0 Å². The first-order valence-corrected chi connectivity index (χ1v) is 8.66. The topological polar surface area (TPSA) is 78.4 Å². The molecule has 132 valence electrons. The molecule has 25 heavy (non-hydrogen) atoms. The molecule has 0 aliphatic carbocycles. The largest absolute Gasteiger partial charge is 0.394 e. The maximum absolute atomic E-state index is 12.2. The fourth-order valence-corrected chi connectivity index (χ4v) is 2.58. The van der Waals surface area contributed by atoms with Gasteiger partial charge in [-0.25, -0.2) is 0 Å². The number of carbonyl (C=O) groups excluding carboxylic acids is 2. The fourth-order valence-electron chi connectivity index (χ4n) is 2.19. The van der Waals surface area contributed by atoms with Crippen LogP contribution in [0.3, 0.4) is 0 Å². The van der Waals surface area contributed by atoms with Crippen LogP contribution in [0.4, 0.5) is 5.69 Å². The maximum Gasteiger partial charge on any atom is 0.255 e. The van der Waals surface area contributed by atoms with Gasteiger partial charge in [-0.2, -0.15) is 0 Å². The molecule has 6 heteroatoms. The highest BCUT2D eigenvalue weighted by Gasteiger charge is 2.19. The van der Waals surface area contributed by atoms with Crippen LogP contribution in [0.2, 0.25) is 0 Å². The molecule has 0 bridgehead atoms. The van der Waals surface area contributed by atoms with Crippen molar-refractivity contribution in [1.29, 1.82) is 0 Å². The Hall–Kier alpha value is -2.18. The Kier molecular flexibility index (Phi) is 6.33. The Morgan fingerprint density at radius 2 is 1.80 bits per heavy atom. The van der Waals surface area contributed by atoms with Crippen molar-refractivity contribution >= 4 is 33.4 Å². The fraction of sp³-hybridized carbons (Fsp3) is 0.263. The number of halogens is 1. The van der Waals surface area contributed by atoms with Crippen molar-refractivity contribution in [3.63, 3.8) is 0 Å². The van der Waals surface area contributed by atoms with Gasteiger partial charge in [-0.3, -0.25) is 9.59 Å². The third-order valence-electron chi connectivity index (χ3n) is 3.54. The van der Waals surface area contributed by atoms with Crippen molar-refractivity contribution < 1.29 is 14.7 Å². The lowest BCUT2D eigenvalue weighted by Crippen LogP contribution is -2.46. The summed E-state index contributed by atoms with van der Waals surface area (Å²) >= 11 is 3.34. The number of aliphatic hydroxyl groups excluding tert-OH is 1. The molecule has 0 fully saturated rings. The number of hydrogen-bond donors (Lipinski definition) is 3. The van der Waals surface area contributed by atoms with E-state index in [9.17, 15) is 14.7 Å². The van der Waals surface area contributed by atoms with E-state index in [-0.39, 0.29) is 24.8 Å². The predicted molar refractivity (Wildman–Crippen MR) is 102 cm³/mol. The molecule has 3 N–H and O–H groups in total. The van der Waals surface area contributed by atoms with Gasteiger partial charge in [0.15, 0.2) is 0 Å². The highest BCUT2D eigenvalue weighted by atomic mass is 79.9. The monoisotopic (exact) mass is 404 g/mol. The average molecular weight is 405 g/mol. The van der Waals surface area contributed by atoms with Gasteiger partial charge in [0.2, 0.25) is 5.91 Å². The van der Waals surface area contributed by atoms with E-state index in [2.05, 4.69) is 26.6 Å². The molecule has 2 rings (SSSR count). The molecule has 0 unspecified atom stereocenters. The first kappa shape index (κ1) is 19.1. The van der Waals surface area contributed by atoms with Crippen LogP contribution in [0.15, 0.2) is 53.0 Å². The molecule has 0 saturated heterocycles. The second-order valence-corrected chi connectivity index (χ2v) is 7.34. The third kappa shape index (κ3) is 5.99. The van der Waals surface area contributed by atoms with Crippen molar-refractivity contribution in [2.24, 2.45) is 0 Å². The number of benzene rings is 2. The Balaban J connectivity index is 1.96. The lowest BCUT2D eigenvalue weighted by molar-refractivity contribution is -0.122. The average Bonchev–Trinajstić information content (AvgIpc) is 2.56. The zero-order chi connectivity index (χ0) is 18.4. The molecule has 0 saturated carbocycles. The van der Waals surface area contributed by atoms with Gasteiger partial charge in [-0.15, -0.1) is 0 Å². The molecular formula is C19H21BrN2O3. The number of aliphatic hydroxyl groups is 1. The summed E-state index contributed by atoms with van der Waals surface area (Å²) in [5.74, 6) is -0.360.